The number of piperidine rings is 1. The molecule has 2 aromatic rings. The Balaban J connectivity index is 1.51. The molecule has 5 heteroatoms. The molecule has 146 valence electrons. The average Bonchev–Trinajstić information content (AvgIpc) is 2.74. The second kappa shape index (κ2) is 10.5. The van der Waals surface area contributed by atoms with Crippen LogP contribution < -0.4 is 10.6 Å². The molecule has 0 atom stereocenters. The number of nitrogens with one attached hydrogen (secondary N) is 2. The molecule has 1 saturated heterocycles. The van der Waals surface area contributed by atoms with Crippen LogP contribution in [0.1, 0.15) is 36.5 Å². The van der Waals surface area contributed by atoms with Crippen LogP contribution in [0.15, 0.2) is 59.6 Å². The normalized spacial score (nSPS) is 15.8. The molecule has 1 heterocycles. The van der Waals surface area contributed by atoms with E-state index < -0.39 is 0 Å². The summed E-state index contributed by atoms with van der Waals surface area (Å²) in [7, 11) is 0. The summed E-state index contributed by atoms with van der Waals surface area (Å²) in [5.41, 5.74) is 3.11. The SMILES string of the molecule is CCNC(=NCc1cccc(C#N)c1)NC1CCN(Cc2ccccc2)CC1. The Morgan fingerprint density at radius 3 is 2.57 bits per heavy atom. The monoisotopic (exact) mass is 375 g/mol. The number of nitriles is 1. The molecule has 2 aromatic carbocycles. The third-order valence-corrected chi connectivity index (χ3v) is 5.00. The average molecular weight is 376 g/mol. The van der Waals surface area contributed by atoms with Gasteiger partial charge in [-0.3, -0.25) is 4.90 Å². The highest BCUT2D eigenvalue weighted by Crippen LogP contribution is 2.14. The first kappa shape index (κ1) is 19.9. The summed E-state index contributed by atoms with van der Waals surface area (Å²) in [4.78, 5) is 7.23. The Kier molecular flexibility index (Phi) is 7.45. The van der Waals surface area contributed by atoms with E-state index in [-0.39, 0.29) is 0 Å². The quantitative estimate of drug-likeness (QED) is 0.601. The maximum atomic E-state index is 9.04. The first-order chi connectivity index (χ1) is 13.8. The van der Waals surface area contributed by atoms with Gasteiger partial charge in [0.15, 0.2) is 5.96 Å². The van der Waals surface area contributed by atoms with E-state index in [4.69, 9.17) is 10.3 Å². The number of guanidine groups is 1. The van der Waals surface area contributed by atoms with Crippen molar-refractivity contribution in [3.63, 3.8) is 0 Å². The number of likely N-dealkylation sites (tertiary alicyclic amines) is 1. The highest BCUT2D eigenvalue weighted by Gasteiger charge is 2.20. The first-order valence-corrected chi connectivity index (χ1v) is 10.1. The molecule has 1 aliphatic heterocycles. The highest BCUT2D eigenvalue weighted by molar-refractivity contribution is 5.80. The van der Waals surface area contributed by atoms with Gasteiger partial charge in [0.25, 0.3) is 0 Å². The summed E-state index contributed by atoms with van der Waals surface area (Å²) < 4.78 is 0. The van der Waals surface area contributed by atoms with Gasteiger partial charge in [0, 0.05) is 32.2 Å². The summed E-state index contributed by atoms with van der Waals surface area (Å²) in [6.45, 7) is 6.69. The van der Waals surface area contributed by atoms with Crippen molar-refractivity contribution in [2.24, 2.45) is 4.99 Å². The van der Waals surface area contributed by atoms with Crippen LogP contribution >= 0.6 is 0 Å². The van der Waals surface area contributed by atoms with Gasteiger partial charge in [0.2, 0.25) is 0 Å². The van der Waals surface area contributed by atoms with Gasteiger partial charge >= 0.3 is 0 Å². The lowest BCUT2D eigenvalue weighted by Gasteiger charge is -2.33. The molecule has 0 spiro atoms. The molecule has 1 fully saturated rings. The van der Waals surface area contributed by atoms with Crippen LogP contribution in [0.3, 0.4) is 0 Å². The fourth-order valence-corrected chi connectivity index (χ4v) is 3.50. The summed E-state index contributed by atoms with van der Waals surface area (Å²) in [5, 5.41) is 16.0. The Morgan fingerprint density at radius 1 is 1.11 bits per heavy atom. The van der Waals surface area contributed by atoms with Crippen molar-refractivity contribution in [1.29, 1.82) is 5.26 Å². The zero-order valence-electron chi connectivity index (χ0n) is 16.6. The van der Waals surface area contributed by atoms with Crippen LogP contribution in [0.4, 0.5) is 0 Å². The summed E-state index contributed by atoms with van der Waals surface area (Å²) in [5.74, 6) is 0.853. The maximum Gasteiger partial charge on any atom is 0.191 e. The molecular formula is C23H29N5. The van der Waals surface area contributed by atoms with Gasteiger partial charge in [-0.25, -0.2) is 4.99 Å². The van der Waals surface area contributed by atoms with E-state index in [1.54, 1.807) is 0 Å². The molecule has 0 radical (unpaired) electrons. The minimum absolute atomic E-state index is 0.440. The van der Waals surface area contributed by atoms with Crippen molar-refractivity contribution in [3.05, 3.63) is 71.3 Å². The highest BCUT2D eigenvalue weighted by atomic mass is 15.2. The van der Waals surface area contributed by atoms with Crippen molar-refractivity contribution in [2.45, 2.75) is 38.9 Å². The lowest BCUT2D eigenvalue weighted by molar-refractivity contribution is 0.198. The Morgan fingerprint density at radius 2 is 1.86 bits per heavy atom. The van der Waals surface area contributed by atoms with Crippen molar-refractivity contribution in [2.75, 3.05) is 19.6 Å². The minimum Gasteiger partial charge on any atom is -0.357 e. The molecule has 3 rings (SSSR count). The fraction of sp³-hybridized carbons (Fsp3) is 0.391. The van der Waals surface area contributed by atoms with Gasteiger partial charge in [-0.2, -0.15) is 5.26 Å². The summed E-state index contributed by atoms with van der Waals surface area (Å²) in [6, 6.07) is 20.9. The van der Waals surface area contributed by atoms with Gasteiger partial charge in [0.1, 0.15) is 0 Å². The first-order valence-electron chi connectivity index (χ1n) is 10.1. The third kappa shape index (κ3) is 6.11. The van der Waals surface area contributed by atoms with E-state index >= 15 is 0 Å². The van der Waals surface area contributed by atoms with Crippen LogP contribution in [-0.4, -0.2) is 36.5 Å². The summed E-state index contributed by atoms with van der Waals surface area (Å²) >= 11 is 0. The Hall–Kier alpha value is -2.84. The van der Waals surface area contributed by atoms with Crippen molar-refractivity contribution >= 4 is 5.96 Å². The number of hydrogen-bond donors (Lipinski definition) is 2. The second-order valence-corrected chi connectivity index (χ2v) is 7.19. The van der Waals surface area contributed by atoms with Gasteiger partial charge < -0.3 is 10.6 Å². The van der Waals surface area contributed by atoms with Gasteiger partial charge in [-0.15, -0.1) is 0 Å². The number of hydrogen-bond acceptors (Lipinski definition) is 3. The predicted octanol–water partition coefficient (Wildman–Crippen LogP) is 3.28. The Bertz CT molecular complexity index is 801. The molecule has 0 unspecified atom stereocenters. The third-order valence-electron chi connectivity index (χ3n) is 5.00. The van der Waals surface area contributed by atoms with E-state index in [9.17, 15) is 0 Å². The zero-order valence-corrected chi connectivity index (χ0v) is 16.6. The second-order valence-electron chi connectivity index (χ2n) is 7.19. The van der Waals surface area contributed by atoms with E-state index in [0.717, 1.165) is 50.5 Å². The van der Waals surface area contributed by atoms with Crippen LogP contribution in [0.25, 0.3) is 0 Å². The number of benzene rings is 2. The van der Waals surface area contributed by atoms with Crippen LogP contribution in [0.5, 0.6) is 0 Å². The van der Waals surface area contributed by atoms with Crippen molar-refractivity contribution in [3.8, 4) is 6.07 Å². The van der Waals surface area contributed by atoms with Crippen LogP contribution in [0.2, 0.25) is 0 Å². The number of nitrogens with zero attached hydrogens (tertiary/aromatic N) is 3. The van der Waals surface area contributed by atoms with E-state index in [1.807, 2.05) is 24.3 Å². The molecule has 1 aliphatic rings. The molecule has 28 heavy (non-hydrogen) atoms. The van der Waals surface area contributed by atoms with Gasteiger partial charge in [0.05, 0.1) is 18.2 Å². The largest absolute Gasteiger partial charge is 0.357 e. The topological polar surface area (TPSA) is 63.5 Å². The molecule has 0 bridgehead atoms. The van der Waals surface area contributed by atoms with Crippen molar-refractivity contribution < 1.29 is 0 Å². The van der Waals surface area contributed by atoms with E-state index in [2.05, 4.69) is 58.9 Å². The predicted molar refractivity (Wildman–Crippen MR) is 114 cm³/mol. The lowest BCUT2D eigenvalue weighted by Crippen LogP contribution is -2.48. The van der Waals surface area contributed by atoms with Crippen LogP contribution in [-0.2, 0) is 13.1 Å². The lowest BCUT2D eigenvalue weighted by atomic mass is 10.0. The fourth-order valence-electron chi connectivity index (χ4n) is 3.50. The smallest absolute Gasteiger partial charge is 0.191 e. The standard InChI is InChI=1S/C23H29N5/c1-2-25-23(26-17-21-10-6-9-20(15-21)16-24)27-22-11-13-28(14-12-22)18-19-7-4-3-5-8-19/h3-10,15,22H,2,11-14,17-18H2,1H3,(H2,25,26,27). The maximum absolute atomic E-state index is 9.04. The Labute approximate surface area is 168 Å². The zero-order chi connectivity index (χ0) is 19.6. The summed E-state index contributed by atoms with van der Waals surface area (Å²) in [6.07, 6.45) is 2.22. The van der Waals surface area contributed by atoms with Gasteiger partial charge in [-0.05, 0) is 43.0 Å². The molecule has 5 nitrogen and oxygen atoms in total. The molecule has 0 aromatic heterocycles. The van der Waals surface area contributed by atoms with Crippen molar-refractivity contribution in [1.82, 2.24) is 15.5 Å². The molecular weight excluding hydrogens is 346 g/mol. The van der Waals surface area contributed by atoms with E-state index in [1.165, 1.54) is 5.56 Å². The van der Waals surface area contributed by atoms with Crippen LogP contribution in [0, 0.1) is 11.3 Å². The molecule has 0 amide bonds. The van der Waals surface area contributed by atoms with Gasteiger partial charge in [-0.1, -0.05) is 42.5 Å². The number of rotatable bonds is 6. The molecule has 2 N–H and O–H groups in total. The van der Waals surface area contributed by atoms with E-state index in [0.29, 0.717) is 18.2 Å². The molecule has 0 aliphatic carbocycles. The number of aliphatic imine (C=N–C) groups is 1. The minimum atomic E-state index is 0.440. The molecule has 0 saturated carbocycles.